The molecule has 0 aliphatic rings. The van der Waals surface area contributed by atoms with Gasteiger partial charge in [0.1, 0.15) is 0 Å². The molecule has 0 aromatic heterocycles. The van der Waals surface area contributed by atoms with Crippen molar-refractivity contribution in [2.45, 2.75) is 46.5 Å². The molecule has 0 saturated carbocycles. The summed E-state index contributed by atoms with van der Waals surface area (Å²) in [7, 11) is 0. The van der Waals surface area contributed by atoms with Gasteiger partial charge in [0, 0.05) is 19.8 Å². The first-order valence-corrected chi connectivity index (χ1v) is 11.5. The second-order valence-electron chi connectivity index (χ2n) is 6.07. The molecule has 0 saturated heterocycles. The second-order valence-corrected chi connectivity index (χ2v) is 6.07. The van der Waals surface area contributed by atoms with Crippen LogP contribution < -0.4 is 0 Å². The average molecular weight is 459 g/mol. The number of ether oxygens (including phenoxy) is 6. The van der Waals surface area contributed by atoms with Crippen LogP contribution in [0.2, 0.25) is 0 Å². The number of hydrogen-bond acceptors (Lipinski definition) is 9. The van der Waals surface area contributed by atoms with Crippen molar-refractivity contribution in [2.24, 2.45) is 0 Å². The first kappa shape index (κ1) is 35.2. The molecule has 0 radical (unpaired) electrons. The van der Waals surface area contributed by atoms with Crippen molar-refractivity contribution >= 4 is 0 Å². The molecule has 0 spiro atoms. The number of hydrogen-bond donors (Lipinski definition) is 3. The molecule has 0 heterocycles. The van der Waals surface area contributed by atoms with Crippen LogP contribution >= 0.6 is 0 Å². The Bertz CT molecular complexity index is 223. The largest absolute Gasteiger partial charge is 0.394 e. The molecule has 0 rings (SSSR count). The van der Waals surface area contributed by atoms with Crippen molar-refractivity contribution < 1.29 is 43.7 Å². The zero-order valence-corrected chi connectivity index (χ0v) is 20.2. The Morgan fingerprint density at radius 1 is 0.387 bits per heavy atom. The third-order valence-corrected chi connectivity index (χ3v) is 3.37. The molecule has 31 heavy (non-hydrogen) atoms. The molecule has 3 N–H and O–H groups in total. The van der Waals surface area contributed by atoms with Gasteiger partial charge in [-0.2, -0.15) is 0 Å². The molecule has 0 atom stereocenters. The van der Waals surface area contributed by atoms with Gasteiger partial charge in [0.15, 0.2) is 0 Å². The van der Waals surface area contributed by atoms with Crippen LogP contribution in [0, 0.1) is 0 Å². The second kappa shape index (κ2) is 40.0. The molecule has 0 aliphatic carbocycles. The summed E-state index contributed by atoms with van der Waals surface area (Å²) in [6, 6.07) is 0. The molecule has 0 bridgehead atoms. The predicted octanol–water partition coefficient (Wildman–Crippen LogP) is 1.66. The monoisotopic (exact) mass is 458 g/mol. The van der Waals surface area contributed by atoms with Crippen molar-refractivity contribution in [3.63, 3.8) is 0 Å². The minimum Gasteiger partial charge on any atom is -0.394 e. The van der Waals surface area contributed by atoms with Gasteiger partial charge in [-0.15, -0.1) is 0 Å². The highest BCUT2D eigenvalue weighted by Crippen LogP contribution is 1.98. The number of aliphatic hydroxyl groups is 3. The van der Waals surface area contributed by atoms with Gasteiger partial charge >= 0.3 is 0 Å². The number of aliphatic hydroxyl groups excluding tert-OH is 3. The Balaban J connectivity index is -0.000000390. The Labute approximate surface area is 189 Å². The third kappa shape index (κ3) is 48.4. The highest BCUT2D eigenvalue weighted by atomic mass is 16.5. The standard InChI is InChI=1S/C10H22O3.2C6H14O3/c1-2-3-4-5-7-12-9-10-13-8-6-11;2*1-2-8-5-6-9-4-3-7/h11H,2-10H2,1H3;2*7H,2-6H2,1H3. The van der Waals surface area contributed by atoms with E-state index in [1.54, 1.807) is 0 Å². The SMILES string of the molecule is CCCCCCOCCOCCO.CCOCCOCCO.CCOCCOCCO. The lowest BCUT2D eigenvalue weighted by Gasteiger charge is -2.04. The Morgan fingerprint density at radius 2 is 0.742 bits per heavy atom. The van der Waals surface area contributed by atoms with Crippen LogP contribution in [0.5, 0.6) is 0 Å². The van der Waals surface area contributed by atoms with E-state index in [0.29, 0.717) is 59.5 Å². The fraction of sp³-hybridized carbons (Fsp3) is 1.00. The zero-order valence-electron chi connectivity index (χ0n) is 20.2. The lowest BCUT2D eigenvalue weighted by molar-refractivity contribution is 0.0321. The van der Waals surface area contributed by atoms with Crippen LogP contribution in [0.1, 0.15) is 46.5 Å². The van der Waals surface area contributed by atoms with Crippen molar-refractivity contribution in [1.82, 2.24) is 0 Å². The van der Waals surface area contributed by atoms with E-state index >= 15 is 0 Å². The van der Waals surface area contributed by atoms with Crippen molar-refractivity contribution in [2.75, 3.05) is 99.1 Å². The highest BCUT2D eigenvalue weighted by molar-refractivity contribution is 4.39. The Hall–Kier alpha value is -0.360. The van der Waals surface area contributed by atoms with Crippen LogP contribution in [-0.4, -0.2) is 114 Å². The van der Waals surface area contributed by atoms with Crippen LogP contribution in [0.3, 0.4) is 0 Å². The maximum Gasteiger partial charge on any atom is 0.0701 e. The van der Waals surface area contributed by atoms with Gasteiger partial charge in [-0.05, 0) is 20.3 Å². The topological polar surface area (TPSA) is 116 Å². The summed E-state index contributed by atoms with van der Waals surface area (Å²) in [5.41, 5.74) is 0. The fourth-order valence-corrected chi connectivity index (χ4v) is 1.88. The summed E-state index contributed by atoms with van der Waals surface area (Å²) in [5.74, 6) is 0. The van der Waals surface area contributed by atoms with Gasteiger partial charge in [0.05, 0.1) is 79.3 Å². The van der Waals surface area contributed by atoms with E-state index in [1.807, 2.05) is 13.8 Å². The normalized spacial score (nSPS) is 10.3. The minimum atomic E-state index is 0.0894. The first-order chi connectivity index (χ1) is 15.2. The summed E-state index contributed by atoms with van der Waals surface area (Å²) in [4.78, 5) is 0. The molecule has 9 nitrogen and oxygen atoms in total. The molecular weight excluding hydrogens is 408 g/mol. The van der Waals surface area contributed by atoms with Gasteiger partial charge < -0.3 is 43.7 Å². The zero-order chi connectivity index (χ0) is 23.7. The fourth-order valence-electron chi connectivity index (χ4n) is 1.88. The summed E-state index contributed by atoms with van der Waals surface area (Å²) in [5, 5.41) is 24.9. The van der Waals surface area contributed by atoms with Crippen LogP contribution in [0.25, 0.3) is 0 Å². The molecule has 0 aliphatic heterocycles. The Kier molecular flexibility index (Phi) is 45.5. The summed E-state index contributed by atoms with van der Waals surface area (Å²) in [6.07, 6.45) is 4.96. The molecular formula is C22H50O9. The van der Waals surface area contributed by atoms with Crippen molar-refractivity contribution in [3.8, 4) is 0 Å². The highest BCUT2D eigenvalue weighted by Gasteiger charge is 1.90. The van der Waals surface area contributed by atoms with E-state index in [1.165, 1.54) is 19.3 Å². The van der Waals surface area contributed by atoms with E-state index < -0.39 is 0 Å². The molecule has 9 heteroatoms. The molecule has 0 fully saturated rings. The first-order valence-electron chi connectivity index (χ1n) is 11.5. The third-order valence-electron chi connectivity index (χ3n) is 3.37. The minimum absolute atomic E-state index is 0.0894. The van der Waals surface area contributed by atoms with Crippen LogP contribution in [-0.2, 0) is 28.4 Å². The quantitative estimate of drug-likeness (QED) is 0.208. The van der Waals surface area contributed by atoms with E-state index in [9.17, 15) is 0 Å². The average Bonchev–Trinajstić information content (AvgIpc) is 2.79. The summed E-state index contributed by atoms with van der Waals surface area (Å²) in [6.45, 7) is 13.5. The molecule has 0 aromatic carbocycles. The smallest absolute Gasteiger partial charge is 0.0701 e. The maximum absolute atomic E-state index is 8.40. The van der Waals surface area contributed by atoms with Gasteiger partial charge in [0.2, 0.25) is 0 Å². The van der Waals surface area contributed by atoms with Gasteiger partial charge in [-0.1, -0.05) is 26.2 Å². The van der Waals surface area contributed by atoms with Crippen LogP contribution in [0.4, 0.5) is 0 Å². The summed E-state index contributed by atoms with van der Waals surface area (Å²) >= 11 is 0. The van der Waals surface area contributed by atoms with E-state index in [0.717, 1.165) is 26.2 Å². The van der Waals surface area contributed by atoms with Crippen LogP contribution in [0.15, 0.2) is 0 Å². The molecule has 0 amide bonds. The lowest BCUT2D eigenvalue weighted by Crippen LogP contribution is -2.07. The Morgan fingerprint density at radius 3 is 1.06 bits per heavy atom. The van der Waals surface area contributed by atoms with Gasteiger partial charge in [-0.25, -0.2) is 0 Å². The number of rotatable bonds is 22. The van der Waals surface area contributed by atoms with Crippen molar-refractivity contribution in [1.29, 1.82) is 0 Å². The van der Waals surface area contributed by atoms with E-state index in [4.69, 9.17) is 43.7 Å². The lowest BCUT2D eigenvalue weighted by atomic mass is 10.2. The van der Waals surface area contributed by atoms with Crippen molar-refractivity contribution in [3.05, 3.63) is 0 Å². The van der Waals surface area contributed by atoms with E-state index in [2.05, 4.69) is 6.92 Å². The van der Waals surface area contributed by atoms with E-state index in [-0.39, 0.29) is 19.8 Å². The molecule has 0 aromatic rings. The molecule has 192 valence electrons. The maximum atomic E-state index is 8.40. The summed E-state index contributed by atoms with van der Waals surface area (Å²) < 4.78 is 30.1. The van der Waals surface area contributed by atoms with Gasteiger partial charge in [-0.3, -0.25) is 0 Å². The number of unbranched alkanes of at least 4 members (excludes halogenated alkanes) is 3. The van der Waals surface area contributed by atoms with Gasteiger partial charge in [0.25, 0.3) is 0 Å². The molecule has 0 unspecified atom stereocenters. The predicted molar refractivity (Wildman–Crippen MR) is 122 cm³/mol.